The van der Waals surface area contributed by atoms with Gasteiger partial charge in [-0.1, -0.05) is 54.9 Å². The number of aromatic nitrogens is 2. The lowest BCUT2D eigenvalue weighted by atomic mass is 9.97. The van der Waals surface area contributed by atoms with Gasteiger partial charge in [-0.25, -0.2) is 9.97 Å². The average Bonchev–Trinajstić information content (AvgIpc) is 2.45. The van der Waals surface area contributed by atoms with Crippen molar-refractivity contribution in [2.45, 2.75) is 33.1 Å². The Morgan fingerprint density at radius 2 is 1.95 bits per heavy atom. The summed E-state index contributed by atoms with van der Waals surface area (Å²) in [5.74, 6) is 1.31. The Labute approximate surface area is 129 Å². The number of nitrogens with one attached hydrogen (secondary N) is 1. The molecule has 0 fully saturated rings. The number of benzene rings is 1. The Morgan fingerprint density at radius 3 is 2.60 bits per heavy atom. The van der Waals surface area contributed by atoms with Crippen molar-refractivity contribution >= 4 is 21.7 Å². The summed E-state index contributed by atoms with van der Waals surface area (Å²) >= 11 is 3.61. The Hall–Kier alpha value is -1.42. The van der Waals surface area contributed by atoms with Crippen LogP contribution in [0.4, 0.5) is 5.82 Å². The minimum atomic E-state index is 0.359. The van der Waals surface area contributed by atoms with E-state index in [2.05, 4.69) is 58.1 Å². The highest BCUT2D eigenvalue weighted by molar-refractivity contribution is 9.10. The van der Waals surface area contributed by atoms with Gasteiger partial charge in [0.25, 0.3) is 0 Å². The summed E-state index contributed by atoms with van der Waals surface area (Å²) in [5, 5.41) is 3.41. The molecule has 4 heteroatoms. The van der Waals surface area contributed by atoms with Gasteiger partial charge in [-0.2, -0.15) is 0 Å². The summed E-state index contributed by atoms with van der Waals surface area (Å²) in [5.41, 5.74) is 3.28. The third-order valence-electron chi connectivity index (χ3n) is 3.13. The van der Waals surface area contributed by atoms with Gasteiger partial charge in [-0.3, -0.25) is 0 Å². The van der Waals surface area contributed by atoms with Crippen LogP contribution in [0, 0.1) is 0 Å². The van der Waals surface area contributed by atoms with Crippen LogP contribution in [0.1, 0.15) is 38.7 Å². The van der Waals surface area contributed by atoms with Crippen LogP contribution in [0.5, 0.6) is 0 Å². The second kappa shape index (κ2) is 6.84. The molecule has 2 rings (SSSR count). The Balaban J connectivity index is 2.55. The average molecular weight is 334 g/mol. The topological polar surface area (TPSA) is 37.8 Å². The van der Waals surface area contributed by atoms with E-state index in [9.17, 15) is 0 Å². The van der Waals surface area contributed by atoms with E-state index in [0.29, 0.717) is 5.92 Å². The highest BCUT2D eigenvalue weighted by atomic mass is 79.9. The Kier molecular flexibility index (Phi) is 5.12. The number of hydrogen-bond donors (Lipinski definition) is 1. The predicted octanol–water partition coefficient (Wildman–Crippen LogP) is 4.85. The van der Waals surface area contributed by atoms with Crippen LogP contribution in [-0.2, 0) is 0 Å². The molecule has 0 saturated carbocycles. The summed E-state index contributed by atoms with van der Waals surface area (Å²) in [6.07, 6.45) is 2.71. The normalized spacial score (nSPS) is 10.8. The molecule has 0 atom stereocenters. The summed E-state index contributed by atoms with van der Waals surface area (Å²) in [7, 11) is 0. The first kappa shape index (κ1) is 15.0. The molecule has 3 nitrogen and oxygen atoms in total. The van der Waals surface area contributed by atoms with Gasteiger partial charge in [0.2, 0.25) is 0 Å². The second-order valence-electron chi connectivity index (χ2n) is 5.05. The SMILES string of the molecule is CCCNc1ncnc(-c2ccccc2Br)c1C(C)C. The Morgan fingerprint density at radius 1 is 1.20 bits per heavy atom. The van der Waals surface area contributed by atoms with Gasteiger partial charge < -0.3 is 5.32 Å². The largest absolute Gasteiger partial charge is 0.370 e. The van der Waals surface area contributed by atoms with Crippen molar-refractivity contribution in [3.8, 4) is 11.3 Å². The maximum Gasteiger partial charge on any atom is 0.133 e. The van der Waals surface area contributed by atoms with E-state index in [1.54, 1.807) is 6.33 Å². The minimum Gasteiger partial charge on any atom is -0.370 e. The van der Waals surface area contributed by atoms with E-state index in [1.807, 2.05) is 18.2 Å². The van der Waals surface area contributed by atoms with E-state index in [1.165, 1.54) is 5.56 Å². The van der Waals surface area contributed by atoms with Crippen LogP contribution in [0.3, 0.4) is 0 Å². The summed E-state index contributed by atoms with van der Waals surface area (Å²) in [4.78, 5) is 8.93. The molecule has 0 amide bonds. The monoisotopic (exact) mass is 333 g/mol. The zero-order valence-electron chi connectivity index (χ0n) is 12.2. The third-order valence-corrected chi connectivity index (χ3v) is 3.82. The molecule has 0 aliphatic rings. The van der Waals surface area contributed by atoms with Crippen molar-refractivity contribution in [3.63, 3.8) is 0 Å². The minimum absolute atomic E-state index is 0.359. The maximum atomic E-state index is 4.52. The number of anilines is 1. The number of nitrogens with zero attached hydrogens (tertiary/aromatic N) is 2. The van der Waals surface area contributed by atoms with Crippen LogP contribution in [0.2, 0.25) is 0 Å². The fourth-order valence-corrected chi connectivity index (χ4v) is 2.67. The van der Waals surface area contributed by atoms with Crippen molar-refractivity contribution in [2.75, 3.05) is 11.9 Å². The zero-order chi connectivity index (χ0) is 14.5. The smallest absolute Gasteiger partial charge is 0.133 e. The summed E-state index contributed by atoms with van der Waals surface area (Å²) < 4.78 is 1.06. The van der Waals surface area contributed by atoms with Crippen LogP contribution >= 0.6 is 15.9 Å². The maximum absolute atomic E-state index is 4.52. The van der Waals surface area contributed by atoms with Crippen LogP contribution in [0.15, 0.2) is 35.1 Å². The lowest BCUT2D eigenvalue weighted by Gasteiger charge is -2.17. The van der Waals surface area contributed by atoms with Crippen molar-refractivity contribution in [1.82, 2.24) is 9.97 Å². The van der Waals surface area contributed by atoms with Crippen LogP contribution in [0.25, 0.3) is 11.3 Å². The molecule has 2 aromatic rings. The fourth-order valence-electron chi connectivity index (χ4n) is 2.19. The Bertz CT molecular complexity index is 582. The summed E-state index contributed by atoms with van der Waals surface area (Å²) in [6.45, 7) is 7.43. The van der Waals surface area contributed by atoms with Crippen molar-refractivity contribution in [2.24, 2.45) is 0 Å². The third kappa shape index (κ3) is 3.18. The van der Waals surface area contributed by atoms with E-state index in [0.717, 1.165) is 34.5 Å². The standard InChI is InChI=1S/C16H20BrN3/c1-4-9-18-16-14(11(2)3)15(19-10-20-16)12-7-5-6-8-13(12)17/h5-8,10-11H,4,9H2,1-3H3,(H,18,19,20). The van der Waals surface area contributed by atoms with Crippen molar-refractivity contribution in [1.29, 1.82) is 0 Å². The molecule has 0 aliphatic carbocycles. The predicted molar refractivity (Wildman–Crippen MR) is 88.0 cm³/mol. The van der Waals surface area contributed by atoms with Gasteiger partial charge in [0.1, 0.15) is 12.1 Å². The first-order valence-corrected chi connectivity index (χ1v) is 7.78. The molecule has 0 aliphatic heterocycles. The van der Waals surface area contributed by atoms with Gasteiger partial charge in [0.15, 0.2) is 0 Å². The molecular weight excluding hydrogens is 314 g/mol. The van der Waals surface area contributed by atoms with Gasteiger partial charge in [-0.05, 0) is 18.4 Å². The highest BCUT2D eigenvalue weighted by Gasteiger charge is 2.17. The summed E-state index contributed by atoms with van der Waals surface area (Å²) in [6, 6.07) is 8.17. The van der Waals surface area contributed by atoms with E-state index in [4.69, 9.17) is 0 Å². The van der Waals surface area contributed by atoms with Gasteiger partial charge in [0, 0.05) is 22.1 Å². The molecule has 0 radical (unpaired) electrons. The van der Waals surface area contributed by atoms with Gasteiger partial charge in [-0.15, -0.1) is 0 Å². The van der Waals surface area contributed by atoms with Crippen LogP contribution in [-0.4, -0.2) is 16.5 Å². The molecule has 1 aromatic carbocycles. The molecule has 106 valence electrons. The van der Waals surface area contributed by atoms with E-state index < -0.39 is 0 Å². The zero-order valence-corrected chi connectivity index (χ0v) is 13.7. The van der Waals surface area contributed by atoms with E-state index in [-0.39, 0.29) is 0 Å². The van der Waals surface area contributed by atoms with Crippen LogP contribution < -0.4 is 5.32 Å². The van der Waals surface area contributed by atoms with Crippen molar-refractivity contribution < 1.29 is 0 Å². The second-order valence-corrected chi connectivity index (χ2v) is 5.90. The molecule has 20 heavy (non-hydrogen) atoms. The molecule has 0 spiro atoms. The fraction of sp³-hybridized carbons (Fsp3) is 0.375. The molecular formula is C16H20BrN3. The highest BCUT2D eigenvalue weighted by Crippen LogP contribution is 2.35. The number of halogens is 1. The molecule has 0 saturated heterocycles. The number of rotatable bonds is 5. The molecule has 1 N–H and O–H groups in total. The quantitative estimate of drug-likeness (QED) is 0.849. The number of hydrogen-bond acceptors (Lipinski definition) is 3. The van der Waals surface area contributed by atoms with Gasteiger partial charge in [0.05, 0.1) is 5.69 Å². The van der Waals surface area contributed by atoms with Crippen molar-refractivity contribution in [3.05, 3.63) is 40.6 Å². The molecule has 0 bridgehead atoms. The first-order valence-electron chi connectivity index (χ1n) is 6.98. The molecule has 1 aromatic heterocycles. The first-order chi connectivity index (χ1) is 9.65. The van der Waals surface area contributed by atoms with E-state index >= 15 is 0 Å². The lowest BCUT2D eigenvalue weighted by Crippen LogP contribution is -2.09. The molecule has 1 heterocycles. The molecule has 0 unspecified atom stereocenters. The van der Waals surface area contributed by atoms with Gasteiger partial charge >= 0.3 is 0 Å². The lowest BCUT2D eigenvalue weighted by molar-refractivity contribution is 0.844.